The second kappa shape index (κ2) is 19.5. The lowest BCUT2D eigenvalue weighted by Gasteiger charge is -2.26. The third-order valence-electron chi connectivity index (χ3n) is 8.63. The Hall–Kier alpha value is -4.45. The highest BCUT2D eigenvalue weighted by atomic mass is 16.5. The molecule has 1 aliphatic rings. The standard InChI is InChI=1S/C43H57N2O4/c1-7-11-15-19-28-46-36-26-24-35-25-27-40(49-31-20-16-12-8-2)41(37(35)32-36)45-34-44(33-43(45,5)6)42-38(47-29-17-13-9-3)22-21-23-39(42)48-30-18-14-10-4/h7-10,21-27,32,34H,1-4,11-20,28-31,33H2,5-6H3/q+1. The predicted octanol–water partition coefficient (Wildman–Crippen LogP) is 11.0. The van der Waals surface area contributed by atoms with Crippen molar-refractivity contribution in [1.29, 1.82) is 0 Å². The Bertz CT molecular complexity index is 1530. The van der Waals surface area contributed by atoms with E-state index in [4.69, 9.17) is 18.9 Å². The Morgan fingerprint density at radius 1 is 0.653 bits per heavy atom. The van der Waals surface area contributed by atoms with Crippen LogP contribution in [-0.2, 0) is 0 Å². The van der Waals surface area contributed by atoms with Gasteiger partial charge in [0, 0.05) is 5.39 Å². The van der Waals surface area contributed by atoms with Crippen LogP contribution in [0.5, 0.6) is 23.0 Å². The van der Waals surface area contributed by atoms with E-state index in [-0.39, 0.29) is 5.54 Å². The molecule has 49 heavy (non-hydrogen) atoms. The summed E-state index contributed by atoms with van der Waals surface area (Å²) in [5.41, 5.74) is 1.67. The number of ether oxygens (including phenoxy) is 4. The van der Waals surface area contributed by atoms with Crippen molar-refractivity contribution >= 4 is 28.5 Å². The van der Waals surface area contributed by atoms with E-state index in [1.54, 1.807) is 0 Å². The number of para-hydroxylation sites is 1. The van der Waals surface area contributed by atoms with Crippen molar-refractivity contribution in [3.8, 4) is 23.0 Å². The smallest absolute Gasteiger partial charge is 0.245 e. The Labute approximate surface area is 295 Å². The zero-order valence-corrected chi connectivity index (χ0v) is 30.0. The number of unbranched alkanes of at least 4 members (excludes halogenated alkanes) is 6. The molecular weight excluding hydrogens is 608 g/mol. The molecule has 1 aliphatic heterocycles. The SMILES string of the molecule is C=CCCCCOc1ccc2ccc(OCCCCC=C)c(N3C=[N+](c4c(OCCCC=C)cccc4OCCCC=C)CC3(C)C)c2c1. The van der Waals surface area contributed by atoms with E-state index in [1.165, 1.54) is 0 Å². The highest BCUT2D eigenvalue weighted by molar-refractivity contribution is 6.03. The fourth-order valence-electron chi connectivity index (χ4n) is 6.04. The average Bonchev–Trinajstić information content (AvgIpc) is 3.41. The maximum Gasteiger partial charge on any atom is 0.245 e. The molecule has 0 spiro atoms. The van der Waals surface area contributed by atoms with Gasteiger partial charge in [0.2, 0.25) is 12.0 Å². The molecule has 0 amide bonds. The van der Waals surface area contributed by atoms with E-state index in [0.29, 0.717) is 26.4 Å². The van der Waals surface area contributed by atoms with Crippen molar-refractivity contribution in [2.75, 3.05) is 37.9 Å². The maximum absolute atomic E-state index is 6.57. The van der Waals surface area contributed by atoms with Crippen LogP contribution >= 0.6 is 0 Å². The van der Waals surface area contributed by atoms with E-state index >= 15 is 0 Å². The van der Waals surface area contributed by atoms with Crippen molar-refractivity contribution < 1.29 is 23.5 Å². The van der Waals surface area contributed by atoms with E-state index in [0.717, 1.165) is 116 Å². The first kappa shape index (κ1) is 37.4. The topological polar surface area (TPSA) is 43.2 Å². The zero-order chi connectivity index (χ0) is 34.9. The lowest BCUT2D eigenvalue weighted by molar-refractivity contribution is -0.434. The van der Waals surface area contributed by atoms with Crippen LogP contribution in [0.4, 0.5) is 11.4 Å². The van der Waals surface area contributed by atoms with Crippen LogP contribution in [0.1, 0.15) is 78.1 Å². The van der Waals surface area contributed by atoms with E-state index in [2.05, 4.69) is 86.3 Å². The fourth-order valence-corrected chi connectivity index (χ4v) is 6.04. The Morgan fingerprint density at radius 2 is 1.18 bits per heavy atom. The maximum atomic E-state index is 6.57. The molecule has 4 rings (SSSR count). The monoisotopic (exact) mass is 665 g/mol. The molecule has 0 unspecified atom stereocenters. The fraction of sp³-hybridized carbons (Fsp3) is 0.419. The number of hydrogen-bond acceptors (Lipinski definition) is 5. The van der Waals surface area contributed by atoms with Gasteiger partial charge in [-0.3, -0.25) is 0 Å². The predicted molar refractivity (Wildman–Crippen MR) is 207 cm³/mol. The minimum Gasteiger partial charge on any atom is -0.494 e. The molecule has 0 atom stereocenters. The number of nitrogens with zero attached hydrogens (tertiary/aromatic N) is 2. The summed E-state index contributed by atoms with van der Waals surface area (Å²) >= 11 is 0. The van der Waals surface area contributed by atoms with Gasteiger partial charge in [-0.2, -0.15) is 0 Å². The van der Waals surface area contributed by atoms with Gasteiger partial charge in [-0.05, 0) is 114 Å². The van der Waals surface area contributed by atoms with Gasteiger partial charge in [-0.15, -0.1) is 26.3 Å². The third-order valence-corrected chi connectivity index (χ3v) is 8.63. The number of benzene rings is 3. The number of rotatable bonds is 24. The third kappa shape index (κ3) is 10.5. The Kier molecular flexibility index (Phi) is 14.9. The van der Waals surface area contributed by atoms with Crippen molar-refractivity contribution in [2.45, 2.75) is 83.6 Å². The minimum atomic E-state index is -0.299. The lowest BCUT2D eigenvalue weighted by atomic mass is 10.00. The van der Waals surface area contributed by atoms with E-state index in [1.807, 2.05) is 42.5 Å². The number of allylic oxidation sites excluding steroid dienone is 4. The summed E-state index contributed by atoms with van der Waals surface area (Å²) in [5.74, 6) is 3.33. The molecule has 0 N–H and O–H groups in total. The summed E-state index contributed by atoms with van der Waals surface area (Å²) < 4.78 is 27.9. The molecule has 0 saturated heterocycles. The van der Waals surface area contributed by atoms with Crippen LogP contribution in [0.3, 0.4) is 0 Å². The van der Waals surface area contributed by atoms with Crippen molar-refractivity contribution in [3.05, 3.63) is 99.2 Å². The van der Waals surface area contributed by atoms with Gasteiger partial charge in [0.25, 0.3) is 0 Å². The van der Waals surface area contributed by atoms with Gasteiger partial charge >= 0.3 is 0 Å². The highest BCUT2D eigenvalue weighted by Gasteiger charge is 2.45. The van der Waals surface area contributed by atoms with Crippen molar-refractivity contribution in [2.24, 2.45) is 0 Å². The van der Waals surface area contributed by atoms with Crippen LogP contribution in [0, 0.1) is 0 Å². The molecule has 262 valence electrons. The van der Waals surface area contributed by atoms with Gasteiger partial charge in [0.1, 0.15) is 17.8 Å². The first-order chi connectivity index (χ1) is 23.9. The van der Waals surface area contributed by atoms with Crippen LogP contribution in [0.25, 0.3) is 10.8 Å². The molecule has 6 nitrogen and oxygen atoms in total. The number of fused-ring (bicyclic) bond motifs is 1. The summed E-state index contributed by atoms with van der Waals surface area (Å²) in [4.78, 5) is 2.36. The Morgan fingerprint density at radius 3 is 1.80 bits per heavy atom. The van der Waals surface area contributed by atoms with Gasteiger partial charge in [0.15, 0.2) is 22.9 Å². The summed E-state index contributed by atoms with van der Waals surface area (Å²) in [6.45, 7) is 23.2. The number of hydrogen-bond donors (Lipinski definition) is 0. The molecule has 0 bridgehead atoms. The van der Waals surface area contributed by atoms with E-state index < -0.39 is 0 Å². The summed E-state index contributed by atoms with van der Waals surface area (Å²) in [6, 6.07) is 16.7. The van der Waals surface area contributed by atoms with Crippen LogP contribution < -0.4 is 23.8 Å². The van der Waals surface area contributed by atoms with Crippen LogP contribution in [-0.4, -0.2) is 49.4 Å². The second-order valence-electron chi connectivity index (χ2n) is 13.1. The average molecular weight is 666 g/mol. The molecular formula is C43H57N2O4+. The normalized spacial score (nSPS) is 13.5. The molecule has 0 radical (unpaired) electrons. The second-order valence-corrected chi connectivity index (χ2v) is 13.1. The molecule has 3 aromatic carbocycles. The summed E-state index contributed by atoms with van der Waals surface area (Å²) in [7, 11) is 0. The van der Waals surface area contributed by atoms with Gasteiger partial charge < -0.3 is 18.9 Å². The largest absolute Gasteiger partial charge is 0.494 e. The van der Waals surface area contributed by atoms with Crippen LogP contribution in [0.2, 0.25) is 0 Å². The van der Waals surface area contributed by atoms with E-state index in [9.17, 15) is 0 Å². The van der Waals surface area contributed by atoms with Crippen LogP contribution in [0.15, 0.2) is 99.2 Å². The number of anilines is 1. The molecule has 0 saturated carbocycles. The molecule has 0 aromatic heterocycles. The molecule has 3 aromatic rings. The first-order valence-corrected chi connectivity index (χ1v) is 18.0. The molecule has 0 fully saturated rings. The summed E-state index contributed by atoms with van der Waals surface area (Å²) in [5, 5.41) is 2.22. The quantitative estimate of drug-likeness (QED) is 0.0541. The summed E-state index contributed by atoms with van der Waals surface area (Å²) in [6.07, 6.45) is 19.6. The van der Waals surface area contributed by atoms with Gasteiger partial charge in [-0.25, -0.2) is 9.48 Å². The minimum absolute atomic E-state index is 0.299. The van der Waals surface area contributed by atoms with Crippen molar-refractivity contribution in [1.82, 2.24) is 0 Å². The highest BCUT2D eigenvalue weighted by Crippen LogP contribution is 2.45. The van der Waals surface area contributed by atoms with Gasteiger partial charge in [0.05, 0.1) is 26.4 Å². The van der Waals surface area contributed by atoms with Crippen molar-refractivity contribution in [3.63, 3.8) is 0 Å². The molecule has 6 heteroatoms. The lowest BCUT2D eigenvalue weighted by Crippen LogP contribution is -2.41. The first-order valence-electron chi connectivity index (χ1n) is 18.0. The van der Waals surface area contributed by atoms with Gasteiger partial charge in [-0.1, -0.05) is 42.5 Å². The molecule has 0 aliphatic carbocycles. The Balaban J connectivity index is 1.78. The zero-order valence-electron chi connectivity index (χ0n) is 30.0. The molecule has 1 heterocycles.